The molecule has 2 aliphatic rings. The Bertz CT molecular complexity index is 268. The second kappa shape index (κ2) is 2.72. The van der Waals surface area contributed by atoms with Crippen LogP contribution in [-0.2, 0) is 4.79 Å². The van der Waals surface area contributed by atoms with Gasteiger partial charge in [0.2, 0.25) is 5.91 Å². The first-order valence-electron chi connectivity index (χ1n) is 5.38. The fraction of sp³-hybridized carbons (Fsp3) is 0.909. The number of aliphatic hydroxyl groups excluding tert-OH is 1. The molecule has 1 aliphatic carbocycles. The first-order valence-corrected chi connectivity index (χ1v) is 5.38. The van der Waals surface area contributed by atoms with E-state index >= 15 is 0 Å². The molecule has 1 heterocycles. The number of hydrogen-bond acceptors (Lipinski definition) is 2. The van der Waals surface area contributed by atoms with Crippen LogP contribution < -0.4 is 0 Å². The Hall–Kier alpha value is -0.570. The van der Waals surface area contributed by atoms with Crippen molar-refractivity contribution in [3.8, 4) is 0 Å². The van der Waals surface area contributed by atoms with Gasteiger partial charge in [-0.05, 0) is 33.1 Å². The summed E-state index contributed by atoms with van der Waals surface area (Å²) >= 11 is 0. The number of carbonyl (C=O) groups excluding carboxylic acids is 1. The van der Waals surface area contributed by atoms with Gasteiger partial charge in [0.15, 0.2) is 0 Å². The van der Waals surface area contributed by atoms with E-state index in [-0.39, 0.29) is 23.0 Å². The summed E-state index contributed by atoms with van der Waals surface area (Å²) in [6.45, 7) is 6.64. The normalized spacial score (nSPS) is 33.1. The van der Waals surface area contributed by atoms with E-state index in [0.29, 0.717) is 6.54 Å². The van der Waals surface area contributed by atoms with Crippen LogP contribution in [0.1, 0.15) is 40.0 Å². The maximum absolute atomic E-state index is 12.1. The second-order valence-electron chi connectivity index (χ2n) is 5.48. The molecular weight excluding hydrogens is 178 g/mol. The van der Waals surface area contributed by atoms with Gasteiger partial charge in [0, 0.05) is 12.0 Å². The molecule has 0 bridgehead atoms. The number of rotatable bonds is 1. The Balaban J connectivity index is 2.16. The monoisotopic (exact) mass is 197 g/mol. The highest BCUT2D eigenvalue weighted by Gasteiger charge is 2.53. The molecule has 0 radical (unpaired) electrons. The van der Waals surface area contributed by atoms with Crippen molar-refractivity contribution in [3.05, 3.63) is 0 Å². The fourth-order valence-corrected chi connectivity index (χ4v) is 2.16. The molecule has 3 heteroatoms. The van der Waals surface area contributed by atoms with Gasteiger partial charge in [-0.2, -0.15) is 0 Å². The largest absolute Gasteiger partial charge is 0.391 e. The predicted molar refractivity (Wildman–Crippen MR) is 53.8 cm³/mol. The van der Waals surface area contributed by atoms with E-state index in [1.54, 1.807) is 0 Å². The van der Waals surface area contributed by atoms with Crippen molar-refractivity contribution in [1.29, 1.82) is 0 Å². The van der Waals surface area contributed by atoms with E-state index in [1.807, 2.05) is 25.7 Å². The Morgan fingerprint density at radius 2 is 1.93 bits per heavy atom. The van der Waals surface area contributed by atoms with Gasteiger partial charge in [-0.25, -0.2) is 0 Å². The molecule has 2 rings (SSSR count). The maximum Gasteiger partial charge on any atom is 0.229 e. The molecule has 1 saturated carbocycles. The minimum Gasteiger partial charge on any atom is -0.391 e. The summed E-state index contributed by atoms with van der Waals surface area (Å²) in [5, 5.41) is 9.77. The van der Waals surface area contributed by atoms with Gasteiger partial charge in [0.1, 0.15) is 0 Å². The Labute approximate surface area is 85.1 Å². The lowest BCUT2D eigenvalue weighted by Gasteiger charge is -2.35. The molecule has 1 N–H and O–H groups in total. The SMILES string of the molecule is CC1(C(=O)N2CCC(O)C2(C)C)CC1. The van der Waals surface area contributed by atoms with Crippen molar-refractivity contribution in [2.24, 2.45) is 5.41 Å². The quantitative estimate of drug-likeness (QED) is 0.685. The van der Waals surface area contributed by atoms with Crippen molar-refractivity contribution in [1.82, 2.24) is 4.90 Å². The molecule has 2 fully saturated rings. The summed E-state index contributed by atoms with van der Waals surface area (Å²) in [4.78, 5) is 14.0. The predicted octanol–water partition coefficient (Wildman–Crippen LogP) is 1.16. The standard InChI is InChI=1S/C11H19NO2/c1-10(2)8(13)4-7-12(10)9(14)11(3)5-6-11/h8,13H,4-7H2,1-3H3. The number of carbonyl (C=O) groups is 1. The molecule has 1 saturated heterocycles. The fourth-order valence-electron chi connectivity index (χ4n) is 2.16. The van der Waals surface area contributed by atoms with Gasteiger partial charge in [0.25, 0.3) is 0 Å². The molecule has 0 aromatic heterocycles. The topological polar surface area (TPSA) is 40.5 Å². The van der Waals surface area contributed by atoms with Crippen molar-refractivity contribution in [2.75, 3.05) is 6.54 Å². The highest BCUT2D eigenvalue weighted by Crippen LogP contribution is 2.48. The van der Waals surface area contributed by atoms with Gasteiger partial charge >= 0.3 is 0 Å². The van der Waals surface area contributed by atoms with Crippen LogP contribution in [0.3, 0.4) is 0 Å². The summed E-state index contributed by atoms with van der Waals surface area (Å²) in [5.74, 6) is 0.235. The van der Waals surface area contributed by atoms with E-state index in [0.717, 1.165) is 19.3 Å². The van der Waals surface area contributed by atoms with Crippen LogP contribution in [0.5, 0.6) is 0 Å². The van der Waals surface area contributed by atoms with Crippen molar-refractivity contribution in [3.63, 3.8) is 0 Å². The lowest BCUT2D eigenvalue weighted by atomic mass is 9.97. The highest BCUT2D eigenvalue weighted by molar-refractivity contribution is 5.85. The number of hydrogen-bond donors (Lipinski definition) is 1. The third-order valence-corrected chi connectivity index (χ3v) is 3.90. The van der Waals surface area contributed by atoms with Crippen LogP contribution in [0.25, 0.3) is 0 Å². The summed E-state index contributed by atoms with van der Waals surface area (Å²) in [7, 11) is 0. The molecular formula is C11H19NO2. The smallest absolute Gasteiger partial charge is 0.229 e. The summed E-state index contributed by atoms with van der Waals surface area (Å²) < 4.78 is 0. The average molecular weight is 197 g/mol. The van der Waals surface area contributed by atoms with Crippen LogP contribution in [0, 0.1) is 5.41 Å². The van der Waals surface area contributed by atoms with E-state index in [4.69, 9.17) is 0 Å². The molecule has 1 aliphatic heterocycles. The lowest BCUT2D eigenvalue weighted by molar-refractivity contribution is -0.141. The first kappa shape index (κ1) is 9.97. The van der Waals surface area contributed by atoms with Crippen LogP contribution >= 0.6 is 0 Å². The van der Waals surface area contributed by atoms with Crippen LogP contribution in [-0.4, -0.2) is 34.1 Å². The van der Waals surface area contributed by atoms with Gasteiger partial charge in [-0.15, -0.1) is 0 Å². The van der Waals surface area contributed by atoms with E-state index < -0.39 is 0 Å². The molecule has 14 heavy (non-hydrogen) atoms. The summed E-state index contributed by atoms with van der Waals surface area (Å²) in [6, 6.07) is 0. The zero-order chi connectivity index (χ0) is 10.6. The Kier molecular flexibility index (Phi) is 1.94. The molecule has 1 amide bonds. The van der Waals surface area contributed by atoms with Crippen LogP contribution in [0.2, 0.25) is 0 Å². The molecule has 0 aromatic rings. The van der Waals surface area contributed by atoms with Crippen molar-refractivity contribution in [2.45, 2.75) is 51.7 Å². The zero-order valence-corrected chi connectivity index (χ0v) is 9.21. The van der Waals surface area contributed by atoms with E-state index in [2.05, 4.69) is 0 Å². The molecule has 0 spiro atoms. The lowest BCUT2D eigenvalue weighted by Crippen LogP contribution is -2.50. The van der Waals surface area contributed by atoms with E-state index in [1.165, 1.54) is 0 Å². The van der Waals surface area contributed by atoms with Crippen molar-refractivity contribution < 1.29 is 9.90 Å². The molecule has 1 atom stereocenters. The van der Waals surface area contributed by atoms with Gasteiger partial charge in [0.05, 0.1) is 11.6 Å². The van der Waals surface area contributed by atoms with E-state index in [9.17, 15) is 9.90 Å². The molecule has 80 valence electrons. The van der Waals surface area contributed by atoms with Gasteiger partial charge < -0.3 is 10.0 Å². The number of nitrogens with zero attached hydrogens (tertiary/aromatic N) is 1. The third kappa shape index (κ3) is 1.26. The highest BCUT2D eigenvalue weighted by atomic mass is 16.3. The molecule has 3 nitrogen and oxygen atoms in total. The summed E-state index contributed by atoms with van der Waals surface area (Å²) in [6.07, 6.45) is 2.37. The minimum atomic E-state index is -0.372. The van der Waals surface area contributed by atoms with Crippen molar-refractivity contribution >= 4 is 5.91 Å². The van der Waals surface area contributed by atoms with Gasteiger partial charge in [-0.3, -0.25) is 4.79 Å². The molecule has 1 unspecified atom stereocenters. The molecule has 0 aromatic carbocycles. The number of amides is 1. The summed E-state index contributed by atoms with van der Waals surface area (Å²) in [5.41, 5.74) is -0.482. The van der Waals surface area contributed by atoms with Crippen LogP contribution in [0.15, 0.2) is 0 Å². The Morgan fingerprint density at radius 3 is 2.29 bits per heavy atom. The number of likely N-dealkylation sites (tertiary alicyclic amines) is 1. The van der Waals surface area contributed by atoms with Crippen LogP contribution in [0.4, 0.5) is 0 Å². The first-order chi connectivity index (χ1) is 6.38. The number of aliphatic hydroxyl groups is 1. The minimum absolute atomic E-state index is 0.110. The maximum atomic E-state index is 12.1. The average Bonchev–Trinajstić information content (AvgIpc) is 2.78. The zero-order valence-electron chi connectivity index (χ0n) is 9.21. The Morgan fingerprint density at radius 1 is 1.36 bits per heavy atom. The second-order valence-corrected chi connectivity index (χ2v) is 5.48. The third-order valence-electron chi connectivity index (χ3n) is 3.90. The van der Waals surface area contributed by atoms with Gasteiger partial charge in [-0.1, -0.05) is 6.92 Å².